The zero-order valence-corrected chi connectivity index (χ0v) is 11.8. The van der Waals surface area contributed by atoms with Gasteiger partial charge in [0.25, 0.3) is 5.91 Å². The van der Waals surface area contributed by atoms with Crippen molar-refractivity contribution >= 4 is 21.8 Å². The minimum Gasteiger partial charge on any atom is -0.336 e. The molecule has 1 aliphatic heterocycles. The van der Waals surface area contributed by atoms with E-state index in [4.69, 9.17) is 5.73 Å². The summed E-state index contributed by atoms with van der Waals surface area (Å²) in [6.45, 7) is 2.54. The van der Waals surface area contributed by atoms with Gasteiger partial charge in [-0.05, 0) is 47.8 Å². The highest BCUT2D eigenvalue weighted by Gasteiger charge is 2.29. The smallest absolute Gasteiger partial charge is 0.257 e. The van der Waals surface area contributed by atoms with E-state index in [-0.39, 0.29) is 23.6 Å². The molecule has 1 amide bonds. The fourth-order valence-electron chi connectivity index (χ4n) is 2.33. The van der Waals surface area contributed by atoms with Crippen molar-refractivity contribution in [3.8, 4) is 0 Å². The molecule has 98 valence electrons. The zero-order valence-electron chi connectivity index (χ0n) is 10.2. The first-order chi connectivity index (χ1) is 8.50. The average Bonchev–Trinajstić information content (AvgIpc) is 2.32. The lowest BCUT2D eigenvalue weighted by molar-refractivity contribution is 0.0614. The number of rotatable bonds is 1. The number of hydrogen-bond donors (Lipinski definition) is 1. The Kier molecular flexibility index (Phi) is 4.02. The second-order valence-corrected chi connectivity index (χ2v) is 5.59. The van der Waals surface area contributed by atoms with Gasteiger partial charge in [0.15, 0.2) is 0 Å². The lowest BCUT2D eigenvalue weighted by atomic mass is 9.98. The number of carbonyl (C=O) groups excluding carboxylic acids is 1. The summed E-state index contributed by atoms with van der Waals surface area (Å²) in [5, 5.41) is 0. The monoisotopic (exact) mass is 314 g/mol. The summed E-state index contributed by atoms with van der Waals surface area (Å²) in [5.74, 6) is -0.752. The Morgan fingerprint density at radius 1 is 1.56 bits per heavy atom. The SMILES string of the molecule is CC1CC(N)CCN1C(=O)c1cccc(Br)c1F. The van der Waals surface area contributed by atoms with Crippen molar-refractivity contribution < 1.29 is 9.18 Å². The molecule has 0 saturated carbocycles. The van der Waals surface area contributed by atoms with Crippen LogP contribution in [0, 0.1) is 5.82 Å². The number of piperidine rings is 1. The van der Waals surface area contributed by atoms with Gasteiger partial charge in [0, 0.05) is 18.6 Å². The molecule has 3 nitrogen and oxygen atoms in total. The van der Waals surface area contributed by atoms with Gasteiger partial charge in [-0.3, -0.25) is 4.79 Å². The van der Waals surface area contributed by atoms with Crippen LogP contribution < -0.4 is 5.73 Å². The average molecular weight is 315 g/mol. The van der Waals surface area contributed by atoms with Crippen LogP contribution in [-0.2, 0) is 0 Å². The van der Waals surface area contributed by atoms with Gasteiger partial charge in [0.1, 0.15) is 5.82 Å². The highest BCUT2D eigenvalue weighted by Crippen LogP contribution is 2.23. The van der Waals surface area contributed by atoms with Gasteiger partial charge < -0.3 is 10.6 Å². The van der Waals surface area contributed by atoms with E-state index in [1.165, 1.54) is 6.07 Å². The first-order valence-electron chi connectivity index (χ1n) is 6.01. The van der Waals surface area contributed by atoms with Crippen molar-refractivity contribution in [2.75, 3.05) is 6.54 Å². The molecule has 1 aromatic rings. The topological polar surface area (TPSA) is 46.3 Å². The lowest BCUT2D eigenvalue weighted by Crippen LogP contribution is -2.48. The minimum absolute atomic E-state index is 0.0552. The lowest BCUT2D eigenvalue weighted by Gasteiger charge is -2.36. The summed E-state index contributed by atoms with van der Waals surface area (Å²) >= 11 is 3.10. The quantitative estimate of drug-likeness (QED) is 0.866. The fourth-order valence-corrected chi connectivity index (χ4v) is 2.70. The van der Waals surface area contributed by atoms with Crippen LogP contribution in [0.5, 0.6) is 0 Å². The van der Waals surface area contributed by atoms with E-state index in [9.17, 15) is 9.18 Å². The highest BCUT2D eigenvalue weighted by molar-refractivity contribution is 9.10. The van der Waals surface area contributed by atoms with Crippen molar-refractivity contribution in [1.29, 1.82) is 0 Å². The van der Waals surface area contributed by atoms with E-state index >= 15 is 0 Å². The molecule has 1 aromatic carbocycles. The highest BCUT2D eigenvalue weighted by atomic mass is 79.9. The molecule has 0 radical (unpaired) electrons. The second kappa shape index (κ2) is 5.36. The Labute approximate surface area is 114 Å². The van der Waals surface area contributed by atoms with E-state index < -0.39 is 5.82 Å². The molecule has 18 heavy (non-hydrogen) atoms. The summed E-state index contributed by atoms with van der Waals surface area (Å²) in [6.07, 6.45) is 1.53. The molecular formula is C13H16BrFN2O. The number of likely N-dealkylation sites (tertiary alicyclic amines) is 1. The van der Waals surface area contributed by atoms with Gasteiger partial charge in [-0.2, -0.15) is 0 Å². The fraction of sp³-hybridized carbons (Fsp3) is 0.462. The third-order valence-electron chi connectivity index (χ3n) is 3.36. The van der Waals surface area contributed by atoms with Crippen LogP contribution in [0.1, 0.15) is 30.1 Å². The molecule has 1 fully saturated rings. The molecule has 0 aliphatic carbocycles. The Bertz CT molecular complexity index is 466. The van der Waals surface area contributed by atoms with E-state index in [0.717, 1.165) is 12.8 Å². The molecular weight excluding hydrogens is 299 g/mol. The number of benzene rings is 1. The summed E-state index contributed by atoms with van der Waals surface area (Å²) in [4.78, 5) is 14.0. The van der Waals surface area contributed by atoms with E-state index in [1.54, 1.807) is 17.0 Å². The predicted molar refractivity (Wildman–Crippen MR) is 71.8 cm³/mol. The molecule has 0 aromatic heterocycles. The summed E-state index contributed by atoms with van der Waals surface area (Å²) in [5.41, 5.74) is 5.98. The van der Waals surface area contributed by atoms with Gasteiger partial charge in [-0.15, -0.1) is 0 Å². The third kappa shape index (κ3) is 2.57. The van der Waals surface area contributed by atoms with Crippen molar-refractivity contribution in [3.05, 3.63) is 34.1 Å². The molecule has 5 heteroatoms. The van der Waals surface area contributed by atoms with Crippen molar-refractivity contribution in [3.63, 3.8) is 0 Å². The molecule has 1 heterocycles. The number of nitrogens with two attached hydrogens (primary N) is 1. The van der Waals surface area contributed by atoms with E-state index in [1.807, 2.05) is 6.92 Å². The first kappa shape index (κ1) is 13.5. The number of hydrogen-bond acceptors (Lipinski definition) is 2. The van der Waals surface area contributed by atoms with Gasteiger partial charge in [-0.25, -0.2) is 4.39 Å². The first-order valence-corrected chi connectivity index (χ1v) is 6.80. The molecule has 0 bridgehead atoms. The van der Waals surface area contributed by atoms with Gasteiger partial charge >= 0.3 is 0 Å². The molecule has 2 N–H and O–H groups in total. The molecule has 2 rings (SSSR count). The number of amides is 1. The van der Waals surface area contributed by atoms with Crippen LogP contribution in [0.3, 0.4) is 0 Å². The standard InChI is InChI=1S/C13H16BrFN2O/c1-8-7-9(16)5-6-17(8)13(18)10-3-2-4-11(14)12(10)15/h2-4,8-9H,5-7,16H2,1H3. The van der Waals surface area contributed by atoms with Crippen molar-refractivity contribution in [2.24, 2.45) is 5.73 Å². The number of carbonyl (C=O) groups is 1. The molecule has 1 aliphatic rings. The van der Waals surface area contributed by atoms with E-state index in [0.29, 0.717) is 11.0 Å². The third-order valence-corrected chi connectivity index (χ3v) is 3.97. The van der Waals surface area contributed by atoms with Crippen LogP contribution in [0.15, 0.2) is 22.7 Å². The van der Waals surface area contributed by atoms with Crippen LogP contribution in [-0.4, -0.2) is 29.4 Å². The summed E-state index contributed by atoms with van der Waals surface area (Å²) in [6, 6.07) is 4.96. The normalized spacial score (nSPS) is 24.1. The summed E-state index contributed by atoms with van der Waals surface area (Å²) in [7, 11) is 0. The molecule has 2 atom stereocenters. The second-order valence-electron chi connectivity index (χ2n) is 4.73. The summed E-state index contributed by atoms with van der Waals surface area (Å²) < 4.78 is 14.2. The van der Waals surface area contributed by atoms with Crippen LogP contribution in [0.4, 0.5) is 4.39 Å². The van der Waals surface area contributed by atoms with Gasteiger partial charge in [-0.1, -0.05) is 6.07 Å². The largest absolute Gasteiger partial charge is 0.336 e. The number of nitrogens with zero attached hydrogens (tertiary/aromatic N) is 1. The predicted octanol–water partition coefficient (Wildman–Crippen LogP) is 2.54. The molecule has 0 spiro atoms. The van der Waals surface area contributed by atoms with Crippen molar-refractivity contribution in [1.82, 2.24) is 4.90 Å². The van der Waals surface area contributed by atoms with Gasteiger partial charge in [0.2, 0.25) is 0 Å². The minimum atomic E-state index is -0.496. The Morgan fingerprint density at radius 3 is 2.94 bits per heavy atom. The van der Waals surface area contributed by atoms with Crippen LogP contribution in [0.25, 0.3) is 0 Å². The maximum atomic E-state index is 13.9. The van der Waals surface area contributed by atoms with Crippen molar-refractivity contribution in [2.45, 2.75) is 31.8 Å². The molecule has 2 unspecified atom stereocenters. The maximum Gasteiger partial charge on any atom is 0.257 e. The Morgan fingerprint density at radius 2 is 2.28 bits per heavy atom. The zero-order chi connectivity index (χ0) is 13.3. The Balaban J connectivity index is 2.23. The Hall–Kier alpha value is -0.940. The van der Waals surface area contributed by atoms with Crippen LogP contribution in [0.2, 0.25) is 0 Å². The van der Waals surface area contributed by atoms with Gasteiger partial charge in [0.05, 0.1) is 10.0 Å². The maximum absolute atomic E-state index is 13.9. The van der Waals surface area contributed by atoms with Crippen LogP contribution >= 0.6 is 15.9 Å². The van der Waals surface area contributed by atoms with E-state index in [2.05, 4.69) is 15.9 Å². The molecule has 1 saturated heterocycles. The number of halogens is 2.